The molecule has 2 aliphatic heterocycles. The van der Waals surface area contributed by atoms with Crippen molar-refractivity contribution < 1.29 is 28.7 Å². The van der Waals surface area contributed by atoms with Gasteiger partial charge in [-0.1, -0.05) is 129 Å². The Morgan fingerprint density at radius 3 is 1.15 bits per heavy atom. The summed E-state index contributed by atoms with van der Waals surface area (Å²) in [7, 11) is 0. The van der Waals surface area contributed by atoms with Crippen LogP contribution in [0.15, 0.2) is 47.6 Å². The molecular weight excluding hydrogens is 1290 g/mol. The normalized spacial score (nSPS) is 41.4. The lowest BCUT2D eigenvalue weighted by Gasteiger charge is -2.71. The van der Waals surface area contributed by atoms with Crippen molar-refractivity contribution in [3.8, 4) is 23.7 Å². The van der Waals surface area contributed by atoms with Gasteiger partial charge in [-0.05, 0) is 261 Å². The van der Waals surface area contributed by atoms with E-state index in [1.807, 2.05) is 0 Å². The third-order valence-corrected chi connectivity index (χ3v) is 33.6. The van der Waals surface area contributed by atoms with E-state index in [1.165, 1.54) is 11.1 Å². The molecule has 10 aliphatic carbocycles. The van der Waals surface area contributed by atoms with E-state index in [1.54, 1.807) is 25.0 Å². The van der Waals surface area contributed by atoms with Crippen LogP contribution in [0.3, 0.4) is 0 Å². The molecule has 0 aromatic carbocycles. The number of carbonyl (C=O) groups is 4. The number of fused-ring (bicyclic) bond motifs is 14. The van der Waals surface area contributed by atoms with Crippen molar-refractivity contribution in [2.45, 2.75) is 250 Å². The average molecular weight is 1430 g/mol. The van der Waals surface area contributed by atoms with Gasteiger partial charge in [-0.25, -0.2) is 0 Å². The Balaban J connectivity index is 0.744. The van der Waals surface area contributed by atoms with E-state index < -0.39 is 10.8 Å². The molecule has 10 fully saturated rings. The molecule has 12 aliphatic rings. The summed E-state index contributed by atoms with van der Waals surface area (Å²) in [5.41, 5.74) is 15.5. The molecule has 0 radical (unpaired) electrons. The van der Waals surface area contributed by atoms with Gasteiger partial charge in [0.1, 0.15) is 12.2 Å². The summed E-state index contributed by atoms with van der Waals surface area (Å²) in [6.07, 6.45) is 25.9. The number of nitrogens with zero attached hydrogens (tertiary/aromatic N) is 4. The van der Waals surface area contributed by atoms with Gasteiger partial charge in [0.05, 0.1) is 10.8 Å². The lowest BCUT2D eigenvalue weighted by atomic mass is 9.33. The minimum Gasteiger partial charge on any atom is -0.462 e. The molecule has 2 heterocycles. The van der Waals surface area contributed by atoms with E-state index in [9.17, 15) is 9.59 Å². The maximum Gasteiger partial charge on any atom is 0.302 e. The molecule has 0 aromatic heterocycles. The van der Waals surface area contributed by atoms with E-state index in [0.29, 0.717) is 49.6 Å². The molecule has 14 nitrogen and oxygen atoms in total. The second-order valence-corrected chi connectivity index (χ2v) is 39.4. The van der Waals surface area contributed by atoms with Crippen LogP contribution in [-0.2, 0) is 28.7 Å². The van der Waals surface area contributed by atoms with Gasteiger partial charge >= 0.3 is 11.9 Å². The van der Waals surface area contributed by atoms with Crippen molar-refractivity contribution in [3.05, 3.63) is 47.6 Å². The van der Waals surface area contributed by atoms with Crippen LogP contribution in [0.5, 0.6) is 0 Å². The van der Waals surface area contributed by atoms with Gasteiger partial charge in [-0.3, -0.25) is 19.2 Å². The number of ether oxygens (including phenoxy) is 2. The van der Waals surface area contributed by atoms with Gasteiger partial charge < -0.3 is 51.2 Å². The smallest absolute Gasteiger partial charge is 0.302 e. The van der Waals surface area contributed by atoms with Crippen LogP contribution in [0.1, 0.15) is 238 Å². The van der Waals surface area contributed by atoms with Gasteiger partial charge in [-0.15, -0.1) is 0 Å². The highest BCUT2D eigenvalue weighted by Gasteiger charge is 2.74. The van der Waals surface area contributed by atoms with Crippen molar-refractivity contribution >= 4 is 23.8 Å². The summed E-state index contributed by atoms with van der Waals surface area (Å²) in [6.45, 7) is 57.9. The largest absolute Gasteiger partial charge is 0.462 e. The lowest BCUT2D eigenvalue weighted by Crippen LogP contribution is -2.66. The fourth-order valence-electron chi connectivity index (χ4n) is 28.3. The minimum atomic E-state index is -0.420. The number of allylic oxidation sites excluding steroid dienone is 6. The van der Waals surface area contributed by atoms with E-state index in [4.69, 9.17) is 20.9 Å². The third kappa shape index (κ3) is 13.7. The van der Waals surface area contributed by atoms with Crippen LogP contribution in [0, 0.1) is 137 Å². The molecular formula is C90H142N8O6. The zero-order valence-corrected chi connectivity index (χ0v) is 67.8. The Kier molecular flexibility index (Phi) is 23.3. The molecule has 104 heavy (non-hydrogen) atoms. The SMILES string of the molecule is C=C(C)C1CC[C@]2(C(=O)NCCCN3CCN(CCCN)CC3)CC[C@]3(C)C(=CC[C@@H]4[C@@]5(C)C[C@@H](CC#CC#CC[C@@H]6C[C@]7(C)[C@H]8CC=C9[C@H]%10C(C(=C)C)CC[C@]%10(C(=O)NCCCN%10CCN(CCCN)CC%10)CC[C@@]9(C)[C@]8(C)CC[C@H]7C(C)(C)[C@H]6OC(C)=O)[C@H](OC(C)=O)C(C)(C)[C@@H]5CC[C@]43C)[C@@H]12. The summed E-state index contributed by atoms with van der Waals surface area (Å²) in [4.78, 5) is 66.9. The van der Waals surface area contributed by atoms with Crippen LogP contribution in [-0.4, -0.2) is 160 Å². The number of piperazine rings is 2. The standard InChI is InChI=1S/C90H142N8O6/c1-61(2)67-31-37-89(79(101)93-45-23-49-97-55-51-95(52-56-97)47-21-43-91)41-39-85(13)69(75(67)89)27-29-73-83(11)59-65(77(103-63(5)99)81(7,8)71(83)33-35-87(73,85)15)25-19-17-18-20-26-66-60-84(12)72(82(9,10)78(66)104-64(6)100)34-36-88(16)74(84)30-28-70-76-68(62(3)4)32-38-90(76,42-40-86(70,88)14)80(102)94-46-24-50-98-57-53-96(54-58-98)48-22-44-92/h27-28,65-68,71-78H,1,3,21-26,29-60,91-92H2,2,4-16H3,(H,93,101)(H,94,102)/t65-,66-,67?,68?,71+,72+,73-,74-,75-,76-,77+,78+,83+,84+,85-,86-,87-,88-,89+,90+/m1/s1. The van der Waals surface area contributed by atoms with Crippen molar-refractivity contribution in [1.82, 2.24) is 30.2 Å². The predicted molar refractivity (Wildman–Crippen MR) is 420 cm³/mol. The highest BCUT2D eigenvalue weighted by molar-refractivity contribution is 5.85. The van der Waals surface area contributed by atoms with E-state index >= 15 is 9.59 Å². The number of esters is 2. The Morgan fingerprint density at radius 1 is 0.481 bits per heavy atom. The maximum absolute atomic E-state index is 15.0. The Labute approximate surface area is 630 Å². The molecule has 20 atom stereocenters. The molecule has 14 heteroatoms. The first kappa shape index (κ1) is 79.3. The minimum absolute atomic E-state index is 0.00106. The number of hydrogen-bond acceptors (Lipinski definition) is 12. The van der Waals surface area contributed by atoms with Gasteiger partial charge in [0.15, 0.2) is 0 Å². The summed E-state index contributed by atoms with van der Waals surface area (Å²) in [5, 5.41) is 7.14. The van der Waals surface area contributed by atoms with Crippen molar-refractivity contribution in [3.63, 3.8) is 0 Å². The van der Waals surface area contributed by atoms with E-state index in [0.717, 1.165) is 220 Å². The summed E-state index contributed by atoms with van der Waals surface area (Å²) >= 11 is 0. The molecule has 0 bridgehead atoms. The number of hydrogen-bond donors (Lipinski definition) is 4. The third-order valence-electron chi connectivity index (χ3n) is 33.6. The average Bonchev–Trinajstić information content (AvgIpc) is 1.06. The molecule has 12 rings (SSSR count). The number of amides is 2. The van der Waals surface area contributed by atoms with Gasteiger partial charge in [0.25, 0.3) is 0 Å². The summed E-state index contributed by atoms with van der Waals surface area (Å²) in [6, 6.07) is 0. The molecule has 578 valence electrons. The van der Waals surface area contributed by atoms with Crippen LogP contribution >= 0.6 is 0 Å². The Hall–Kier alpha value is -4.28. The van der Waals surface area contributed by atoms with Crippen LogP contribution in [0.25, 0.3) is 0 Å². The highest BCUT2D eigenvalue weighted by atomic mass is 16.5. The van der Waals surface area contributed by atoms with Crippen molar-refractivity contribution in [2.75, 3.05) is 105 Å². The topological polar surface area (TPSA) is 176 Å². The fraction of sp³-hybridized carbons (Fsp3) is 0.822. The Bertz CT molecular complexity index is 3190. The fourth-order valence-corrected chi connectivity index (χ4v) is 28.3. The molecule has 2 saturated heterocycles. The molecule has 0 aromatic rings. The first-order valence-corrected chi connectivity index (χ1v) is 42.1. The lowest BCUT2D eigenvalue weighted by molar-refractivity contribution is -0.225. The molecule has 2 unspecified atom stereocenters. The van der Waals surface area contributed by atoms with Gasteiger partial charge in [0.2, 0.25) is 11.8 Å². The Morgan fingerprint density at radius 2 is 0.827 bits per heavy atom. The molecule has 2 amide bonds. The molecule has 0 spiro atoms. The van der Waals surface area contributed by atoms with Gasteiger partial charge in [0, 0.05) is 127 Å². The molecule has 8 saturated carbocycles. The monoisotopic (exact) mass is 1430 g/mol. The van der Waals surface area contributed by atoms with Crippen LogP contribution in [0.2, 0.25) is 0 Å². The van der Waals surface area contributed by atoms with Crippen molar-refractivity contribution in [1.29, 1.82) is 0 Å². The quantitative estimate of drug-likeness (QED) is 0.0350. The summed E-state index contributed by atoms with van der Waals surface area (Å²) in [5.74, 6) is 16.5. The summed E-state index contributed by atoms with van der Waals surface area (Å²) < 4.78 is 13.1. The second-order valence-electron chi connectivity index (χ2n) is 39.4. The van der Waals surface area contributed by atoms with Gasteiger partial charge in [-0.2, -0.15) is 0 Å². The number of carbonyl (C=O) groups excluding carboxylic acids is 4. The van der Waals surface area contributed by atoms with Crippen LogP contribution < -0.4 is 22.1 Å². The molecule has 6 N–H and O–H groups in total. The number of rotatable bonds is 22. The van der Waals surface area contributed by atoms with E-state index in [2.05, 4.69) is 162 Å². The van der Waals surface area contributed by atoms with E-state index in [-0.39, 0.29) is 115 Å². The van der Waals surface area contributed by atoms with Crippen LogP contribution in [0.4, 0.5) is 0 Å². The first-order valence-electron chi connectivity index (χ1n) is 42.1. The second kappa shape index (κ2) is 30.5. The highest BCUT2D eigenvalue weighted by Crippen LogP contribution is 2.79. The first-order chi connectivity index (χ1) is 49.3. The predicted octanol–water partition coefficient (Wildman–Crippen LogP) is 14.2. The number of nitrogens with two attached hydrogens (primary N) is 2. The zero-order chi connectivity index (χ0) is 74.8. The maximum atomic E-state index is 15.0. The number of nitrogens with one attached hydrogen (secondary N) is 2. The van der Waals surface area contributed by atoms with Crippen molar-refractivity contribution in [2.24, 2.45) is 125 Å². The zero-order valence-electron chi connectivity index (χ0n) is 67.8.